The number of carbonyl (C=O) groups excluding carboxylic acids is 1. The zero-order valence-electron chi connectivity index (χ0n) is 14.7. The summed E-state index contributed by atoms with van der Waals surface area (Å²) in [5.74, 6) is -1.54. The van der Waals surface area contributed by atoms with Crippen LogP contribution in [0.3, 0.4) is 0 Å². The van der Waals surface area contributed by atoms with E-state index in [0.29, 0.717) is 9.79 Å². The third-order valence-electron chi connectivity index (χ3n) is 3.98. The van der Waals surface area contributed by atoms with Gasteiger partial charge >= 0.3 is 12.1 Å². The van der Waals surface area contributed by atoms with E-state index >= 15 is 0 Å². The summed E-state index contributed by atoms with van der Waals surface area (Å²) in [6.45, 7) is 0. The maximum absolute atomic E-state index is 14.5. The monoisotopic (exact) mass is 407 g/mol. The van der Waals surface area contributed by atoms with Crippen LogP contribution < -0.4 is 0 Å². The van der Waals surface area contributed by atoms with Gasteiger partial charge in [0, 0.05) is 6.07 Å². The molecule has 0 saturated carbocycles. The van der Waals surface area contributed by atoms with Crippen LogP contribution in [-0.2, 0) is 21.8 Å². The van der Waals surface area contributed by atoms with Gasteiger partial charge in [-0.15, -0.1) is 0 Å². The van der Waals surface area contributed by atoms with E-state index in [4.69, 9.17) is 0 Å². The van der Waals surface area contributed by atoms with Crippen LogP contribution in [0.4, 0.5) is 17.6 Å². The van der Waals surface area contributed by atoms with Crippen molar-refractivity contribution in [1.29, 1.82) is 0 Å². The van der Waals surface area contributed by atoms with Crippen LogP contribution in [-0.4, -0.2) is 13.1 Å². The summed E-state index contributed by atoms with van der Waals surface area (Å²) in [5, 5.41) is 0. The summed E-state index contributed by atoms with van der Waals surface area (Å²) in [7, 11) is 0.316. The number of ether oxygens (including phenoxy) is 1. The molecule has 0 saturated heterocycles. The van der Waals surface area contributed by atoms with Crippen LogP contribution in [0.15, 0.2) is 87.5 Å². The zero-order valence-corrected chi connectivity index (χ0v) is 15.5. The number of hydrogen-bond donors (Lipinski definition) is 0. The number of halogens is 4. The van der Waals surface area contributed by atoms with E-state index in [1.54, 1.807) is 18.2 Å². The first kappa shape index (κ1) is 19.9. The lowest BCUT2D eigenvalue weighted by Gasteiger charge is -2.11. The van der Waals surface area contributed by atoms with Gasteiger partial charge in [0.1, 0.15) is 5.82 Å². The minimum absolute atomic E-state index is 0.199. The SMILES string of the molecule is COC(=O)c1ccc([S+](c2ccccc2)c2ccc(C(F)(F)F)cc2)cc1F. The van der Waals surface area contributed by atoms with E-state index in [2.05, 4.69) is 4.74 Å². The first-order valence-corrected chi connectivity index (χ1v) is 9.38. The van der Waals surface area contributed by atoms with Crippen molar-refractivity contribution in [3.05, 3.63) is 89.7 Å². The topological polar surface area (TPSA) is 26.3 Å². The molecule has 0 amide bonds. The number of rotatable bonds is 4. The van der Waals surface area contributed by atoms with Crippen molar-refractivity contribution >= 4 is 16.9 Å². The van der Waals surface area contributed by atoms with Gasteiger partial charge in [0.25, 0.3) is 0 Å². The molecule has 1 atom stereocenters. The zero-order chi connectivity index (χ0) is 20.3. The molecular weight excluding hydrogens is 392 g/mol. The molecule has 3 aromatic carbocycles. The highest BCUT2D eigenvalue weighted by Crippen LogP contribution is 2.35. The standard InChI is InChI=1S/C21H15F4O2S/c1-27-20(26)18-12-11-17(13-19(18)22)28(15-5-3-2-4-6-15)16-9-7-14(8-10-16)21(23,24)25/h2-13H,1H3/q+1. The molecule has 3 rings (SSSR count). The van der Waals surface area contributed by atoms with Crippen LogP contribution in [0.25, 0.3) is 0 Å². The average molecular weight is 407 g/mol. The Kier molecular flexibility index (Phi) is 5.74. The number of esters is 1. The molecule has 0 radical (unpaired) electrons. The molecule has 0 aliphatic carbocycles. The molecule has 0 N–H and O–H groups in total. The first-order valence-electron chi connectivity index (χ1n) is 8.15. The second kappa shape index (κ2) is 8.06. The van der Waals surface area contributed by atoms with Crippen molar-refractivity contribution < 1.29 is 27.1 Å². The Morgan fingerprint density at radius 1 is 0.857 bits per heavy atom. The smallest absolute Gasteiger partial charge is 0.416 e. The van der Waals surface area contributed by atoms with E-state index in [-0.39, 0.29) is 5.56 Å². The highest BCUT2D eigenvalue weighted by molar-refractivity contribution is 7.97. The number of carbonyl (C=O) groups is 1. The van der Waals surface area contributed by atoms with Crippen LogP contribution >= 0.6 is 0 Å². The number of benzene rings is 3. The Balaban J connectivity index is 2.09. The number of methoxy groups -OCH3 is 1. The van der Waals surface area contributed by atoms with Crippen molar-refractivity contribution in [3.63, 3.8) is 0 Å². The molecule has 0 aliphatic heterocycles. The molecule has 0 aromatic heterocycles. The van der Waals surface area contributed by atoms with Crippen molar-refractivity contribution in [2.75, 3.05) is 7.11 Å². The van der Waals surface area contributed by atoms with E-state index in [1.807, 2.05) is 18.2 Å². The molecule has 0 aliphatic rings. The Morgan fingerprint density at radius 2 is 1.43 bits per heavy atom. The third kappa shape index (κ3) is 4.20. The van der Waals surface area contributed by atoms with Gasteiger partial charge in [-0.1, -0.05) is 18.2 Å². The van der Waals surface area contributed by atoms with E-state index in [0.717, 1.165) is 24.1 Å². The first-order chi connectivity index (χ1) is 13.3. The average Bonchev–Trinajstić information content (AvgIpc) is 2.68. The summed E-state index contributed by atoms with van der Waals surface area (Å²) < 4.78 is 57.6. The maximum Gasteiger partial charge on any atom is 0.416 e. The van der Waals surface area contributed by atoms with Crippen molar-refractivity contribution in [3.8, 4) is 0 Å². The number of alkyl halides is 3. The van der Waals surface area contributed by atoms with Gasteiger partial charge in [-0.05, 0) is 48.5 Å². The molecule has 2 nitrogen and oxygen atoms in total. The lowest BCUT2D eigenvalue weighted by molar-refractivity contribution is -0.137. The molecule has 0 heterocycles. The fourth-order valence-corrected chi connectivity index (χ4v) is 4.72. The van der Waals surface area contributed by atoms with Gasteiger partial charge in [0.2, 0.25) is 0 Å². The molecule has 0 fully saturated rings. The van der Waals surface area contributed by atoms with E-state index < -0.39 is 34.4 Å². The lowest BCUT2D eigenvalue weighted by atomic mass is 10.2. The quantitative estimate of drug-likeness (QED) is 0.314. The summed E-state index contributed by atoms with van der Waals surface area (Å²) in [6.07, 6.45) is -4.43. The maximum atomic E-state index is 14.5. The highest BCUT2D eigenvalue weighted by Gasteiger charge is 2.33. The van der Waals surface area contributed by atoms with Crippen molar-refractivity contribution in [1.82, 2.24) is 0 Å². The Bertz CT molecular complexity index is 970. The predicted molar refractivity (Wildman–Crippen MR) is 97.8 cm³/mol. The summed E-state index contributed by atoms with van der Waals surface area (Å²) in [5.41, 5.74) is -0.949. The summed E-state index contributed by atoms with van der Waals surface area (Å²) in [4.78, 5) is 13.6. The highest BCUT2D eigenvalue weighted by atomic mass is 32.2. The Labute approximate surface area is 162 Å². The van der Waals surface area contributed by atoms with Crippen LogP contribution in [0.5, 0.6) is 0 Å². The van der Waals surface area contributed by atoms with E-state index in [9.17, 15) is 22.4 Å². The van der Waals surface area contributed by atoms with Crippen LogP contribution in [0, 0.1) is 5.82 Å². The van der Waals surface area contributed by atoms with Crippen molar-refractivity contribution in [2.24, 2.45) is 0 Å². The lowest BCUT2D eigenvalue weighted by Crippen LogP contribution is -2.10. The summed E-state index contributed by atoms with van der Waals surface area (Å²) in [6, 6.07) is 18.0. The molecular formula is C21H15F4O2S+. The Hall–Kier alpha value is -2.80. The third-order valence-corrected chi connectivity index (χ3v) is 6.19. The van der Waals surface area contributed by atoms with Crippen LogP contribution in [0.2, 0.25) is 0 Å². The largest absolute Gasteiger partial charge is 0.465 e. The molecule has 3 aromatic rings. The molecule has 144 valence electrons. The van der Waals surface area contributed by atoms with Crippen LogP contribution in [0.1, 0.15) is 15.9 Å². The van der Waals surface area contributed by atoms with Crippen molar-refractivity contribution in [2.45, 2.75) is 20.9 Å². The molecule has 0 bridgehead atoms. The number of hydrogen-bond acceptors (Lipinski definition) is 2. The molecule has 0 spiro atoms. The van der Waals surface area contributed by atoms with Gasteiger partial charge in [-0.25, -0.2) is 9.18 Å². The fraction of sp³-hybridized carbons (Fsp3) is 0.0952. The minimum Gasteiger partial charge on any atom is -0.465 e. The van der Waals surface area contributed by atoms with Gasteiger partial charge in [0.05, 0.1) is 29.1 Å². The second-order valence-corrected chi connectivity index (χ2v) is 7.80. The Morgan fingerprint density at radius 3 is 1.96 bits per heavy atom. The van der Waals surface area contributed by atoms with Gasteiger partial charge < -0.3 is 4.74 Å². The van der Waals surface area contributed by atoms with Gasteiger partial charge in [-0.3, -0.25) is 0 Å². The fourth-order valence-electron chi connectivity index (χ4n) is 2.64. The van der Waals surface area contributed by atoms with E-state index in [1.165, 1.54) is 24.3 Å². The minimum atomic E-state index is -4.43. The molecule has 28 heavy (non-hydrogen) atoms. The van der Waals surface area contributed by atoms with Gasteiger partial charge in [0.15, 0.2) is 14.7 Å². The molecule has 1 unspecified atom stereocenters. The predicted octanol–water partition coefficient (Wildman–Crippen LogP) is 5.73. The second-order valence-electron chi connectivity index (χ2n) is 5.77. The normalized spacial score (nSPS) is 12.5. The van der Waals surface area contributed by atoms with Gasteiger partial charge in [-0.2, -0.15) is 13.2 Å². The summed E-state index contributed by atoms with van der Waals surface area (Å²) >= 11 is 0. The molecule has 7 heteroatoms.